The fourth-order valence-electron chi connectivity index (χ4n) is 3.68. The number of hydrogen-bond donors (Lipinski definition) is 1. The lowest BCUT2D eigenvalue weighted by atomic mass is 9.97. The first-order valence-electron chi connectivity index (χ1n) is 7.89. The van der Waals surface area contributed by atoms with E-state index in [0.29, 0.717) is 12.1 Å². The summed E-state index contributed by atoms with van der Waals surface area (Å²) in [5.74, 6) is 1.04. The molecule has 2 heterocycles. The van der Waals surface area contributed by atoms with Crippen LogP contribution in [0.1, 0.15) is 42.5 Å². The van der Waals surface area contributed by atoms with E-state index in [-0.39, 0.29) is 0 Å². The van der Waals surface area contributed by atoms with Gasteiger partial charge in [-0.2, -0.15) is 0 Å². The standard InChI is InChI=1S/C16H21N3OS/c1-20-11-7-6-10(8-11)19-15-14-12-4-2-3-5-13(12)21-16(14)18-9-17-15/h9-11H,2-8H2,1H3,(H,17,18,19). The Kier molecular flexibility index (Phi) is 3.55. The lowest BCUT2D eigenvalue weighted by molar-refractivity contribution is 0.108. The van der Waals surface area contributed by atoms with Gasteiger partial charge in [-0.15, -0.1) is 11.3 Å². The van der Waals surface area contributed by atoms with Gasteiger partial charge >= 0.3 is 0 Å². The molecule has 4 rings (SSSR count). The Hall–Kier alpha value is -1.20. The highest BCUT2D eigenvalue weighted by molar-refractivity contribution is 7.19. The molecule has 1 saturated carbocycles. The second-order valence-corrected chi connectivity index (χ2v) is 7.21. The molecule has 2 aromatic rings. The molecule has 2 aromatic heterocycles. The minimum absolute atomic E-state index is 0.399. The van der Waals surface area contributed by atoms with E-state index >= 15 is 0 Å². The molecule has 0 aliphatic heterocycles. The molecule has 0 bridgehead atoms. The first kappa shape index (κ1) is 13.5. The van der Waals surface area contributed by atoms with Gasteiger partial charge in [0.05, 0.1) is 11.5 Å². The number of nitrogens with one attached hydrogen (secondary N) is 1. The summed E-state index contributed by atoms with van der Waals surface area (Å²) in [5.41, 5.74) is 1.51. The lowest BCUT2D eigenvalue weighted by Gasteiger charge is -2.16. The number of rotatable bonds is 3. The highest BCUT2D eigenvalue weighted by Gasteiger charge is 2.26. The molecule has 0 radical (unpaired) electrons. The van der Waals surface area contributed by atoms with Crippen LogP contribution in [-0.4, -0.2) is 29.2 Å². The number of methoxy groups -OCH3 is 1. The topological polar surface area (TPSA) is 47.0 Å². The fraction of sp³-hybridized carbons (Fsp3) is 0.625. The predicted octanol–water partition coefficient (Wildman–Crippen LogP) is 3.55. The molecule has 0 spiro atoms. The van der Waals surface area contributed by atoms with Gasteiger partial charge in [-0.05, 0) is 50.5 Å². The third-order valence-corrected chi connectivity index (χ3v) is 6.01. The SMILES string of the molecule is COC1CCC(Nc2ncnc3sc4c(c23)CCCC4)C1. The van der Waals surface area contributed by atoms with E-state index in [1.54, 1.807) is 6.33 Å². The van der Waals surface area contributed by atoms with E-state index in [0.717, 1.165) is 29.9 Å². The van der Waals surface area contributed by atoms with Crippen molar-refractivity contribution >= 4 is 27.4 Å². The third kappa shape index (κ3) is 2.42. The number of hydrogen-bond acceptors (Lipinski definition) is 5. The Morgan fingerprint density at radius 1 is 1.24 bits per heavy atom. The van der Waals surface area contributed by atoms with Crippen LogP contribution in [0.2, 0.25) is 0 Å². The maximum atomic E-state index is 5.47. The monoisotopic (exact) mass is 303 g/mol. The third-order valence-electron chi connectivity index (χ3n) is 4.81. The molecule has 21 heavy (non-hydrogen) atoms. The van der Waals surface area contributed by atoms with Gasteiger partial charge in [0.25, 0.3) is 0 Å². The van der Waals surface area contributed by atoms with E-state index in [9.17, 15) is 0 Å². The van der Waals surface area contributed by atoms with Crippen molar-refractivity contribution in [1.82, 2.24) is 9.97 Å². The van der Waals surface area contributed by atoms with Gasteiger partial charge in [-0.1, -0.05) is 0 Å². The Morgan fingerprint density at radius 3 is 3.00 bits per heavy atom. The van der Waals surface area contributed by atoms with Gasteiger partial charge in [0.1, 0.15) is 17.0 Å². The summed E-state index contributed by atoms with van der Waals surface area (Å²) in [6.07, 6.45) is 10.5. The average Bonchev–Trinajstić information content (AvgIpc) is 3.11. The van der Waals surface area contributed by atoms with Crippen molar-refractivity contribution in [3.8, 4) is 0 Å². The van der Waals surface area contributed by atoms with Crippen LogP contribution < -0.4 is 5.32 Å². The normalized spacial score (nSPS) is 25.2. The molecular formula is C16H21N3OS. The molecule has 1 fully saturated rings. The molecule has 2 unspecified atom stereocenters. The summed E-state index contributed by atoms with van der Waals surface area (Å²) in [6, 6.07) is 0.479. The number of aromatic nitrogens is 2. The average molecular weight is 303 g/mol. The number of nitrogens with zero attached hydrogens (tertiary/aromatic N) is 2. The van der Waals surface area contributed by atoms with E-state index in [4.69, 9.17) is 4.74 Å². The Labute approximate surface area is 128 Å². The molecule has 5 heteroatoms. The van der Waals surface area contributed by atoms with Crippen molar-refractivity contribution in [2.24, 2.45) is 0 Å². The Bertz CT molecular complexity index is 654. The molecule has 2 atom stereocenters. The molecule has 112 valence electrons. The molecule has 0 aromatic carbocycles. The smallest absolute Gasteiger partial charge is 0.138 e. The highest BCUT2D eigenvalue weighted by Crippen LogP contribution is 2.38. The number of aryl methyl sites for hydroxylation is 2. The van der Waals surface area contributed by atoms with Crippen LogP contribution in [0.5, 0.6) is 0 Å². The summed E-state index contributed by atoms with van der Waals surface area (Å²) >= 11 is 1.86. The van der Waals surface area contributed by atoms with Crippen LogP contribution in [0.4, 0.5) is 5.82 Å². The zero-order chi connectivity index (χ0) is 14.2. The maximum Gasteiger partial charge on any atom is 0.138 e. The highest BCUT2D eigenvalue weighted by atomic mass is 32.1. The van der Waals surface area contributed by atoms with Crippen LogP contribution in [0.15, 0.2) is 6.33 Å². The first-order valence-corrected chi connectivity index (χ1v) is 8.71. The number of anilines is 1. The van der Waals surface area contributed by atoms with Crippen molar-refractivity contribution in [3.05, 3.63) is 16.8 Å². The van der Waals surface area contributed by atoms with Crippen LogP contribution in [0, 0.1) is 0 Å². The summed E-state index contributed by atoms with van der Waals surface area (Å²) in [4.78, 5) is 11.7. The van der Waals surface area contributed by atoms with Crippen molar-refractivity contribution in [2.75, 3.05) is 12.4 Å². The number of fused-ring (bicyclic) bond motifs is 3. The molecule has 4 nitrogen and oxygen atoms in total. The maximum absolute atomic E-state index is 5.47. The van der Waals surface area contributed by atoms with E-state index in [2.05, 4.69) is 15.3 Å². The quantitative estimate of drug-likeness (QED) is 0.942. The molecule has 2 aliphatic rings. The summed E-state index contributed by atoms with van der Waals surface area (Å²) in [6.45, 7) is 0. The number of ether oxygens (including phenoxy) is 1. The Morgan fingerprint density at radius 2 is 2.14 bits per heavy atom. The molecule has 1 N–H and O–H groups in total. The van der Waals surface area contributed by atoms with Crippen molar-refractivity contribution < 1.29 is 4.74 Å². The van der Waals surface area contributed by atoms with Crippen molar-refractivity contribution in [2.45, 2.75) is 57.1 Å². The van der Waals surface area contributed by atoms with Gasteiger partial charge in [0, 0.05) is 18.0 Å². The van der Waals surface area contributed by atoms with Gasteiger partial charge in [-0.25, -0.2) is 9.97 Å². The van der Waals surface area contributed by atoms with Crippen molar-refractivity contribution in [1.29, 1.82) is 0 Å². The fourth-order valence-corrected chi connectivity index (χ4v) is 4.91. The summed E-state index contributed by atoms with van der Waals surface area (Å²) < 4.78 is 5.47. The second-order valence-electron chi connectivity index (χ2n) is 6.13. The van der Waals surface area contributed by atoms with Crippen molar-refractivity contribution in [3.63, 3.8) is 0 Å². The molecular weight excluding hydrogens is 282 g/mol. The Balaban J connectivity index is 1.67. The zero-order valence-electron chi connectivity index (χ0n) is 12.4. The summed E-state index contributed by atoms with van der Waals surface area (Å²) in [7, 11) is 1.81. The predicted molar refractivity (Wildman–Crippen MR) is 86.1 cm³/mol. The van der Waals surface area contributed by atoms with Crippen LogP contribution >= 0.6 is 11.3 Å². The first-order chi connectivity index (χ1) is 10.3. The molecule has 2 aliphatic carbocycles. The van der Waals surface area contributed by atoms with Crippen LogP contribution in [0.25, 0.3) is 10.2 Å². The number of thiophene rings is 1. The van der Waals surface area contributed by atoms with Gasteiger partial charge in [0.15, 0.2) is 0 Å². The zero-order valence-corrected chi connectivity index (χ0v) is 13.2. The van der Waals surface area contributed by atoms with Gasteiger partial charge in [0.2, 0.25) is 0 Å². The minimum atomic E-state index is 0.399. The van der Waals surface area contributed by atoms with E-state index < -0.39 is 0 Å². The van der Waals surface area contributed by atoms with Gasteiger partial charge in [-0.3, -0.25) is 0 Å². The molecule has 0 amide bonds. The van der Waals surface area contributed by atoms with Crippen LogP contribution in [-0.2, 0) is 17.6 Å². The largest absolute Gasteiger partial charge is 0.381 e. The minimum Gasteiger partial charge on any atom is -0.381 e. The molecule has 0 saturated heterocycles. The van der Waals surface area contributed by atoms with E-state index in [1.807, 2.05) is 18.4 Å². The van der Waals surface area contributed by atoms with Gasteiger partial charge < -0.3 is 10.1 Å². The second kappa shape index (κ2) is 5.54. The summed E-state index contributed by atoms with van der Waals surface area (Å²) in [5, 5.41) is 4.95. The van der Waals surface area contributed by atoms with Crippen LogP contribution in [0.3, 0.4) is 0 Å². The lowest BCUT2D eigenvalue weighted by Crippen LogP contribution is -2.18. The van der Waals surface area contributed by atoms with E-state index in [1.165, 1.54) is 41.5 Å².